The van der Waals surface area contributed by atoms with Crippen LogP contribution >= 0.6 is 22.9 Å². The van der Waals surface area contributed by atoms with E-state index in [1.807, 2.05) is 26.0 Å². The molecule has 0 spiro atoms. The number of ether oxygens (including phenoxy) is 1. The molecule has 2 N–H and O–H groups in total. The average Bonchev–Trinajstić information content (AvgIpc) is 3.00. The van der Waals surface area contributed by atoms with Crippen molar-refractivity contribution in [2.45, 2.75) is 38.6 Å². The van der Waals surface area contributed by atoms with Gasteiger partial charge in [-0.3, -0.25) is 4.99 Å². The van der Waals surface area contributed by atoms with Crippen molar-refractivity contribution < 1.29 is 4.74 Å². The third-order valence-electron chi connectivity index (χ3n) is 5.12. The van der Waals surface area contributed by atoms with Crippen molar-refractivity contribution in [2.24, 2.45) is 4.99 Å². The highest BCUT2D eigenvalue weighted by Gasteiger charge is 2.34. The van der Waals surface area contributed by atoms with Crippen LogP contribution in [0.2, 0.25) is 5.02 Å². The largest absolute Gasteiger partial charge is 0.381 e. The maximum atomic E-state index is 6.26. The summed E-state index contributed by atoms with van der Waals surface area (Å²) in [6.45, 7) is 7.13. The molecule has 146 valence electrons. The molecule has 0 aliphatic carbocycles. The number of guanidine groups is 1. The highest BCUT2D eigenvalue weighted by atomic mass is 35.5. The highest BCUT2D eigenvalue weighted by molar-refractivity contribution is 7.11. The number of nitrogens with zero attached hydrogens (tertiary/aromatic N) is 2. The second-order valence-corrected chi connectivity index (χ2v) is 8.65. The fraction of sp³-hybridized carbons (Fsp3) is 0.500. The standard InChI is InChI=1S/C20H27ClN4OS/c1-14-18(27-15(2)25-14)12-23-19(22-3)24-13-20(7-9-26-10-8-20)16-5-4-6-17(21)11-16/h4-6,11H,7-10,12-13H2,1-3H3,(H2,22,23,24). The topological polar surface area (TPSA) is 58.5 Å². The van der Waals surface area contributed by atoms with E-state index in [1.54, 1.807) is 18.4 Å². The van der Waals surface area contributed by atoms with Gasteiger partial charge in [0.1, 0.15) is 0 Å². The van der Waals surface area contributed by atoms with E-state index in [0.29, 0.717) is 0 Å². The van der Waals surface area contributed by atoms with Gasteiger partial charge in [0.25, 0.3) is 0 Å². The van der Waals surface area contributed by atoms with Gasteiger partial charge < -0.3 is 15.4 Å². The van der Waals surface area contributed by atoms with Crippen LogP contribution in [-0.4, -0.2) is 37.7 Å². The Bertz CT molecular complexity index is 799. The molecule has 2 aromatic rings. The second-order valence-electron chi connectivity index (χ2n) is 6.92. The van der Waals surface area contributed by atoms with E-state index in [9.17, 15) is 0 Å². The number of rotatable bonds is 5. The van der Waals surface area contributed by atoms with Crippen LogP contribution in [-0.2, 0) is 16.7 Å². The molecule has 1 aromatic heterocycles. The molecule has 2 heterocycles. The van der Waals surface area contributed by atoms with Crippen LogP contribution in [0.1, 0.15) is 34.0 Å². The van der Waals surface area contributed by atoms with Crippen LogP contribution in [0.5, 0.6) is 0 Å². The number of benzene rings is 1. The Morgan fingerprint density at radius 3 is 2.70 bits per heavy atom. The molecule has 1 saturated heterocycles. The van der Waals surface area contributed by atoms with Crippen molar-refractivity contribution in [1.29, 1.82) is 0 Å². The Morgan fingerprint density at radius 1 is 1.30 bits per heavy atom. The lowest BCUT2D eigenvalue weighted by atomic mass is 9.74. The maximum absolute atomic E-state index is 6.26. The zero-order valence-electron chi connectivity index (χ0n) is 16.1. The van der Waals surface area contributed by atoms with Crippen molar-refractivity contribution in [3.63, 3.8) is 0 Å². The van der Waals surface area contributed by atoms with Crippen molar-refractivity contribution in [3.05, 3.63) is 50.4 Å². The molecular weight excluding hydrogens is 380 g/mol. The van der Waals surface area contributed by atoms with Crippen molar-refractivity contribution >= 4 is 28.9 Å². The fourth-order valence-electron chi connectivity index (χ4n) is 3.52. The minimum atomic E-state index is -0.00222. The monoisotopic (exact) mass is 406 g/mol. The molecule has 0 amide bonds. The van der Waals surface area contributed by atoms with Gasteiger partial charge in [-0.1, -0.05) is 23.7 Å². The number of aliphatic imine (C=N–C) groups is 1. The molecule has 1 fully saturated rings. The van der Waals surface area contributed by atoms with Gasteiger partial charge in [-0.25, -0.2) is 4.98 Å². The molecule has 27 heavy (non-hydrogen) atoms. The molecule has 5 nitrogen and oxygen atoms in total. The van der Waals surface area contributed by atoms with E-state index in [-0.39, 0.29) is 5.41 Å². The summed E-state index contributed by atoms with van der Waals surface area (Å²) < 4.78 is 5.62. The summed E-state index contributed by atoms with van der Waals surface area (Å²) in [5.74, 6) is 0.799. The summed E-state index contributed by atoms with van der Waals surface area (Å²) in [5, 5.41) is 8.80. The first kappa shape index (κ1) is 20.1. The van der Waals surface area contributed by atoms with Crippen LogP contribution in [0.4, 0.5) is 0 Å². The number of aromatic nitrogens is 1. The van der Waals surface area contributed by atoms with E-state index < -0.39 is 0 Å². The van der Waals surface area contributed by atoms with Crippen LogP contribution in [0.3, 0.4) is 0 Å². The lowest BCUT2D eigenvalue weighted by Gasteiger charge is -2.38. The first-order chi connectivity index (χ1) is 13.0. The smallest absolute Gasteiger partial charge is 0.191 e. The number of halogens is 1. The minimum Gasteiger partial charge on any atom is -0.381 e. The third-order valence-corrected chi connectivity index (χ3v) is 6.43. The van der Waals surface area contributed by atoms with Crippen molar-refractivity contribution in [3.8, 4) is 0 Å². The normalized spacial score (nSPS) is 17.0. The minimum absolute atomic E-state index is 0.00222. The Hall–Kier alpha value is -1.63. The van der Waals surface area contributed by atoms with Crippen LogP contribution in [0, 0.1) is 13.8 Å². The van der Waals surface area contributed by atoms with E-state index in [1.165, 1.54) is 10.4 Å². The van der Waals surface area contributed by atoms with Gasteiger partial charge in [0.2, 0.25) is 0 Å². The van der Waals surface area contributed by atoms with E-state index in [0.717, 1.165) is 60.8 Å². The predicted molar refractivity (Wildman–Crippen MR) is 113 cm³/mol. The molecule has 1 aliphatic rings. The Morgan fingerprint density at radius 2 is 2.07 bits per heavy atom. The number of thiazole rings is 1. The van der Waals surface area contributed by atoms with Crippen LogP contribution in [0.25, 0.3) is 0 Å². The molecule has 7 heteroatoms. The van der Waals surface area contributed by atoms with Gasteiger partial charge in [-0.15, -0.1) is 11.3 Å². The van der Waals surface area contributed by atoms with Gasteiger partial charge >= 0.3 is 0 Å². The maximum Gasteiger partial charge on any atom is 0.191 e. The second kappa shape index (κ2) is 9.04. The first-order valence-corrected chi connectivity index (χ1v) is 10.4. The predicted octanol–water partition coefficient (Wildman–Crippen LogP) is 3.83. The molecule has 0 saturated carbocycles. The zero-order chi connectivity index (χ0) is 19.3. The molecule has 0 bridgehead atoms. The number of hydrogen-bond donors (Lipinski definition) is 2. The number of nitrogens with one attached hydrogen (secondary N) is 2. The molecule has 1 aliphatic heterocycles. The van der Waals surface area contributed by atoms with E-state index in [2.05, 4.69) is 32.7 Å². The quantitative estimate of drug-likeness (QED) is 0.585. The molecule has 3 rings (SSSR count). The summed E-state index contributed by atoms with van der Waals surface area (Å²) in [4.78, 5) is 10.1. The SMILES string of the molecule is CN=C(NCc1sc(C)nc1C)NCC1(c2cccc(Cl)c2)CCOCC1. The molecule has 0 atom stereocenters. The first-order valence-electron chi connectivity index (χ1n) is 9.24. The van der Waals surface area contributed by atoms with E-state index >= 15 is 0 Å². The van der Waals surface area contributed by atoms with Gasteiger partial charge in [0.15, 0.2) is 5.96 Å². The number of hydrogen-bond acceptors (Lipinski definition) is 4. The van der Waals surface area contributed by atoms with Gasteiger partial charge in [-0.05, 0) is 44.4 Å². The van der Waals surface area contributed by atoms with Crippen LogP contribution in [0.15, 0.2) is 29.3 Å². The lowest BCUT2D eigenvalue weighted by Crippen LogP contribution is -2.47. The summed E-state index contributed by atoms with van der Waals surface area (Å²) in [6, 6.07) is 8.19. The Balaban J connectivity index is 1.67. The summed E-state index contributed by atoms with van der Waals surface area (Å²) >= 11 is 7.98. The highest BCUT2D eigenvalue weighted by Crippen LogP contribution is 2.35. The summed E-state index contributed by atoms with van der Waals surface area (Å²) in [7, 11) is 1.80. The van der Waals surface area contributed by atoms with Crippen molar-refractivity contribution in [1.82, 2.24) is 15.6 Å². The average molecular weight is 407 g/mol. The lowest BCUT2D eigenvalue weighted by molar-refractivity contribution is 0.0514. The van der Waals surface area contributed by atoms with Gasteiger partial charge in [0, 0.05) is 42.1 Å². The van der Waals surface area contributed by atoms with E-state index in [4.69, 9.17) is 16.3 Å². The van der Waals surface area contributed by atoms with Crippen LogP contribution < -0.4 is 10.6 Å². The van der Waals surface area contributed by atoms with Gasteiger partial charge in [0.05, 0.1) is 17.2 Å². The summed E-state index contributed by atoms with van der Waals surface area (Å²) in [5.41, 5.74) is 2.34. The molecular formula is C20H27ClN4OS. The number of aryl methyl sites for hydroxylation is 2. The molecule has 0 unspecified atom stereocenters. The summed E-state index contributed by atoms with van der Waals surface area (Å²) in [6.07, 6.45) is 1.93. The van der Waals surface area contributed by atoms with Gasteiger partial charge in [-0.2, -0.15) is 0 Å². The zero-order valence-corrected chi connectivity index (χ0v) is 17.7. The third kappa shape index (κ3) is 5.00. The molecule has 0 radical (unpaired) electrons. The van der Waals surface area contributed by atoms with Crippen molar-refractivity contribution in [2.75, 3.05) is 26.8 Å². The Labute approximate surface area is 170 Å². The fourth-order valence-corrected chi connectivity index (χ4v) is 4.59. The molecule has 1 aromatic carbocycles. The Kier molecular flexibility index (Phi) is 6.73.